The molecule has 1 amide bonds. The number of nitrogens with zero attached hydrogens (tertiary/aromatic N) is 3. The van der Waals surface area contributed by atoms with Crippen molar-refractivity contribution in [3.8, 4) is 0 Å². The molecule has 0 unspecified atom stereocenters. The summed E-state index contributed by atoms with van der Waals surface area (Å²) < 4.78 is 14.5. The molecule has 0 bridgehead atoms. The minimum absolute atomic E-state index is 0.167. The third kappa shape index (κ3) is 4.05. The molecule has 0 saturated heterocycles. The highest BCUT2D eigenvalue weighted by atomic mass is 19.1. The SMILES string of the molecule is O=C(Nc1ccn(Cc2ccc(F)cc2)n1)c1ccnc(C(=O)O)c1. The van der Waals surface area contributed by atoms with Crippen LogP contribution in [0.5, 0.6) is 0 Å². The molecule has 0 aliphatic carbocycles. The fraction of sp³-hybridized carbons (Fsp3) is 0.0588. The highest BCUT2D eigenvalue weighted by Crippen LogP contribution is 2.10. The Balaban J connectivity index is 1.68. The standard InChI is InChI=1S/C17H13FN4O3/c18-13-3-1-11(2-4-13)10-22-8-6-15(21-22)20-16(23)12-5-7-19-14(9-12)17(24)25/h1-9H,10H2,(H,24,25)(H,20,21,23). The van der Waals surface area contributed by atoms with Crippen molar-refractivity contribution in [1.29, 1.82) is 0 Å². The molecule has 2 N–H and O–H groups in total. The van der Waals surface area contributed by atoms with Crippen molar-refractivity contribution in [1.82, 2.24) is 14.8 Å². The molecule has 0 aliphatic rings. The maximum Gasteiger partial charge on any atom is 0.354 e. The predicted molar refractivity (Wildman–Crippen MR) is 86.9 cm³/mol. The molecular weight excluding hydrogens is 327 g/mol. The van der Waals surface area contributed by atoms with E-state index in [9.17, 15) is 14.0 Å². The average Bonchev–Trinajstić information content (AvgIpc) is 3.04. The van der Waals surface area contributed by atoms with Crippen LogP contribution in [0.25, 0.3) is 0 Å². The van der Waals surface area contributed by atoms with Crippen LogP contribution in [0.2, 0.25) is 0 Å². The minimum Gasteiger partial charge on any atom is -0.477 e. The third-order valence-electron chi connectivity index (χ3n) is 3.38. The number of carbonyl (C=O) groups is 2. The van der Waals surface area contributed by atoms with Gasteiger partial charge in [0, 0.05) is 24.0 Å². The Hall–Kier alpha value is -3.55. The van der Waals surface area contributed by atoms with E-state index in [0.29, 0.717) is 12.4 Å². The maximum atomic E-state index is 12.9. The molecule has 126 valence electrons. The molecule has 1 aromatic carbocycles. The van der Waals surface area contributed by atoms with E-state index in [2.05, 4.69) is 15.4 Å². The van der Waals surface area contributed by atoms with E-state index < -0.39 is 11.9 Å². The molecule has 7 nitrogen and oxygen atoms in total. The summed E-state index contributed by atoms with van der Waals surface area (Å²) in [5, 5.41) is 15.7. The van der Waals surface area contributed by atoms with Gasteiger partial charge in [-0.05, 0) is 29.8 Å². The van der Waals surface area contributed by atoms with E-state index in [1.807, 2.05) is 0 Å². The van der Waals surface area contributed by atoms with Gasteiger partial charge in [-0.3, -0.25) is 9.48 Å². The highest BCUT2D eigenvalue weighted by Gasteiger charge is 2.12. The van der Waals surface area contributed by atoms with Gasteiger partial charge in [-0.1, -0.05) is 12.1 Å². The van der Waals surface area contributed by atoms with Crippen LogP contribution in [0, 0.1) is 5.82 Å². The van der Waals surface area contributed by atoms with E-state index in [-0.39, 0.29) is 17.1 Å². The lowest BCUT2D eigenvalue weighted by Crippen LogP contribution is -2.14. The monoisotopic (exact) mass is 340 g/mol. The van der Waals surface area contributed by atoms with Gasteiger partial charge in [-0.2, -0.15) is 5.10 Å². The van der Waals surface area contributed by atoms with Gasteiger partial charge in [0.15, 0.2) is 5.82 Å². The number of carboxylic acids is 1. The lowest BCUT2D eigenvalue weighted by atomic mass is 10.2. The molecule has 2 aromatic heterocycles. The Morgan fingerprint density at radius 3 is 2.64 bits per heavy atom. The highest BCUT2D eigenvalue weighted by molar-refractivity contribution is 6.04. The summed E-state index contributed by atoms with van der Waals surface area (Å²) in [6.45, 7) is 0.425. The zero-order valence-electron chi connectivity index (χ0n) is 12.9. The van der Waals surface area contributed by atoms with Crippen molar-refractivity contribution in [2.24, 2.45) is 0 Å². The number of amides is 1. The zero-order valence-corrected chi connectivity index (χ0v) is 12.9. The zero-order chi connectivity index (χ0) is 17.8. The van der Waals surface area contributed by atoms with Crippen LogP contribution in [0.4, 0.5) is 10.2 Å². The van der Waals surface area contributed by atoms with Gasteiger partial charge < -0.3 is 10.4 Å². The summed E-state index contributed by atoms with van der Waals surface area (Å²) in [5.74, 6) is -1.69. The second-order valence-electron chi connectivity index (χ2n) is 5.21. The fourth-order valence-corrected chi connectivity index (χ4v) is 2.17. The average molecular weight is 340 g/mol. The molecule has 25 heavy (non-hydrogen) atoms. The quantitative estimate of drug-likeness (QED) is 0.743. The van der Waals surface area contributed by atoms with E-state index in [0.717, 1.165) is 5.56 Å². The second-order valence-corrected chi connectivity index (χ2v) is 5.21. The number of pyridine rings is 1. The molecule has 0 atom stereocenters. The number of benzene rings is 1. The molecule has 0 spiro atoms. The molecule has 0 fully saturated rings. The number of anilines is 1. The first-order valence-electron chi connectivity index (χ1n) is 7.30. The van der Waals surface area contributed by atoms with Gasteiger partial charge in [-0.15, -0.1) is 0 Å². The van der Waals surface area contributed by atoms with Gasteiger partial charge in [0.1, 0.15) is 11.5 Å². The van der Waals surface area contributed by atoms with Crippen molar-refractivity contribution in [2.75, 3.05) is 5.32 Å². The predicted octanol–water partition coefficient (Wildman–Crippen LogP) is 2.42. The van der Waals surface area contributed by atoms with Gasteiger partial charge in [0.2, 0.25) is 0 Å². The topological polar surface area (TPSA) is 97.1 Å². The Bertz CT molecular complexity index is 922. The normalized spacial score (nSPS) is 10.4. The summed E-state index contributed by atoms with van der Waals surface area (Å²) in [6.07, 6.45) is 2.93. The van der Waals surface area contributed by atoms with E-state index >= 15 is 0 Å². The molecule has 0 radical (unpaired) electrons. The summed E-state index contributed by atoms with van der Waals surface area (Å²) in [6, 6.07) is 10.3. The summed E-state index contributed by atoms with van der Waals surface area (Å²) in [7, 11) is 0. The van der Waals surface area contributed by atoms with Gasteiger partial charge in [0.05, 0.1) is 6.54 Å². The number of nitrogens with one attached hydrogen (secondary N) is 1. The van der Waals surface area contributed by atoms with Crippen LogP contribution in [0.3, 0.4) is 0 Å². The van der Waals surface area contributed by atoms with Crippen LogP contribution in [0.1, 0.15) is 26.4 Å². The van der Waals surface area contributed by atoms with Crippen LogP contribution in [-0.2, 0) is 6.54 Å². The minimum atomic E-state index is -1.21. The molecule has 0 aliphatic heterocycles. The Morgan fingerprint density at radius 1 is 1.16 bits per heavy atom. The fourth-order valence-electron chi connectivity index (χ4n) is 2.17. The molecule has 3 rings (SSSR count). The van der Waals surface area contributed by atoms with Crippen LogP contribution >= 0.6 is 0 Å². The van der Waals surface area contributed by atoms with Gasteiger partial charge in [0.25, 0.3) is 5.91 Å². The Labute approximate surface area is 141 Å². The van der Waals surface area contributed by atoms with Gasteiger partial charge in [-0.25, -0.2) is 14.2 Å². The molecule has 2 heterocycles. The summed E-state index contributed by atoms with van der Waals surface area (Å²) >= 11 is 0. The van der Waals surface area contributed by atoms with Crippen molar-refractivity contribution in [3.63, 3.8) is 0 Å². The first-order valence-corrected chi connectivity index (χ1v) is 7.30. The smallest absolute Gasteiger partial charge is 0.354 e. The number of carbonyl (C=O) groups excluding carboxylic acids is 1. The van der Waals surface area contributed by atoms with E-state index in [1.54, 1.807) is 29.1 Å². The summed E-state index contributed by atoms with van der Waals surface area (Å²) in [4.78, 5) is 26.7. The van der Waals surface area contributed by atoms with Crippen molar-refractivity contribution >= 4 is 17.7 Å². The number of halogens is 1. The van der Waals surface area contributed by atoms with Crippen molar-refractivity contribution in [3.05, 3.63) is 77.5 Å². The number of aromatic carboxylic acids is 1. The Morgan fingerprint density at radius 2 is 1.92 bits per heavy atom. The molecular formula is C17H13FN4O3. The van der Waals surface area contributed by atoms with Crippen molar-refractivity contribution in [2.45, 2.75) is 6.54 Å². The number of rotatable bonds is 5. The Kier molecular flexibility index (Phi) is 4.51. The van der Waals surface area contributed by atoms with Crippen LogP contribution in [-0.4, -0.2) is 31.7 Å². The van der Waals surface area contributed by atoms with Crippen LogP contribution in [0.15, 0.2) is 54.9 Å². The molecule has 8 heteroatoms. The number of hydrogen-bond acceptors (Lipinski definition) is 4. The third-order valence-corrected chi connectivity index (χ3v) is 3.38. The van der Waals surface area contributed by atoms with E-state index in [1.165, 1.54) is 30.5 Å². The first kappa shape index (κ1) is 16.3. The number of carboxylic acid groups (broad SMARTS) is 1. The lowest BCUT2D eigenvalue weighted by molar-refractivity contribution is 0.0690. The number of hydrogen-bond donors (Lipinski definition) is 2. The second kappa shape index (κ2) is 6.91. The van der Waals surface area contributed by atoms with Gasteiger partial charge >= 0.3 is 5.97 Å². The first-order chi connectivity index (χ1) is 12.0. The lowest BCUT2D eigenvalue weighted by Gasteiger charge is -2.04. The summed E-state index contributed by atoms with van der Waals surface area (Å²) in [5.41, 5.74) is 0.817. The van der Waals surface area contributed by atoms with Crippen molar-refractivity contribution < 1.29 is 19.1 Å². The molecule has 3 aromatic rings. The van der Waals surface area contributed by atoms with Crippen LogP contribution < -0.4 is 5.32 Å². The largest absolute Gasteiger partial charge is 0.477 e. The maximum absolute atomic E-state index is 12.9. The van der Waals surface area contributed by atoms with E-state index in [4.69, 9.17) is 5.11 Å². The molecule has 0 saturated carbocycles. The number of aromatic nitrogens is 3.